The first-order chi connectivity index (χ1) is 7.83. The second-order valence-electron chi connectivity index (χ2n) is 3.94. The summed E-state index contributed by atoms with van der Waals surface area (Å²) in [7, 11) is 1.89. The van der Waals surface area contributed by atoms with Crippen LogP contribution in [0, 0.1) is 0 Å². The van der Waals surface area contributed by atoms with Crippen molar-refractivity contribution in [2.45, 2.75) is 25.3 Å². The van der Waals surface area contributed by atoms with Crippen molar-refractivity contribution in [3.05, 3.63) is 5.82 Å². The van der Waals surface area contributed by atoms with Crippen molar-refractivity contribution in [1.29, 1.82) is 0 Å². The number of carbonyl (C=O) groups is 1. The van der Waals surface area contributed by atoms with Gasteiger partial charge in [0.05, 0.1) is 0 Å². The summed E-state index contributed by atoms with van der Waals surface area (Å²) in [6.07, 6.45) is 3.25. The van der Waals surface area contributed by atoms with E-state index in [-0.39, 0.29) is 17.8 Å². The van der Waals surface area contributed by atoms with Crippen molar-refractivity contribution in [2.75, 3.05) is 20.1 Å². The van der Waals surface area contributed by atoms with Crippen molar-refractivity contribution in [2.24, 2.45) is 0 Å². The lowest BCUT2D eigenvalue weighted by Crippen LogP contribution is -2.48. The van der Waals surface area contributed by atoms with E-state index in [4.69, 9.17) is 0 Å². The molecule has 1 aromatic heterocycles. The number of hydrogen-bond donors (Lipinski definition) is 2. The fraction of sp³-hybridized carbons (Fsp3) is 0.778. The first-order valence-electron chi connectivity index (χ1n) is 5.52. The third-order valence-electron chi connectivity index (χ3n) is 2.86. The molecule has 0 aromatic carbocycles. The van der Waals surface area contributed by atoms with Crippen LogP contribution in [0.4, 0.5) is 0 Å². The van der Waals surface area contributed by atoms with Gasteiger partial charge in [0.15, 0.2) is 0 Å². The number of likely N-dealkylation sites (tertiary alicyclic amines) is 1. The number of nitrogens with one attached hydrogen (secondary N) is 2. The van der Waals surface area contributed by atoms with Gasteiger partial charge in [-0.2, -0.15) is 5.21 Å². The quantitative estimate of drug-likeness (QED) is 0.717. The molecule has 2 heterocycles. The standard InChI is InChI=1S/C9H16N6O/c1-10-6-7-4-2-3-5-15(7)9(16)8-11-13-14-12-8/h7,10H,2-6H2,1H3,(H,11,12,13,14). The highest BCUT2D eigenvalue weighted by atomic mass is 16.2. The summed E-state index contributed by atoms with van der Waals surface area (Å²) in [5.41, 5.74) is 0. The Morgan fingerprint density at radius 3 is 3.19 bits per heavy atom. The Hall–Kier alpha value is -1.50. The van der Waals surface area contributed by atoms with Crippen molar-refractivity contribution in [3.8, 4) is 0 Å². The van der Waals surface area contributed by atoms with E-state index < -0.39 is 0 Å². The van der Waals surface area contributed by atoms with Gasteiger partial charge >= 0.3 is 0 Å². The normalized spacial score (nSPS) is 21.1. The van der Waals surface area contributed by atoms with Crippen LogP contribution in [0.3, 0.4) is 0 Å². The summed E-state index contributed by atoms with van der Waals surface area (Å²) in [5.74, 6) is 0.0247. The van der Waals surface area contributed by atoms with Gasteiger partial charge in [-0.05, 0) is 31.5 Å². The lowest BCUT2D eigenvalue weighted by Gasteiger charge is -2.34. The number of carbonyl (C=O) groups excluding carboxylic acids is 1. The Labute approximate surface area is 93.6 Å². The van der Waals surface area contributed by atoms with Crippen molar-refractivity contribution in [3.63, 3.8) is 0 Å². The lowest BCUT2D eigenvalue weighted by molar-refractivity contribution is 0.0602. The second kappa shape index (κ2) is 5.02. The maximum absolute atomic E-state index is 12.1. The molecule has 1 aliphatic heterocycles. The minimum absolute atomic E-state index is 0.131. The molecule has 0 aliphatic carbocycles. The third-order valence-corrected chi connectivity index (χ3v) is 2.86. The predicted molar refractivity (Wildman–Crippen MR) is 56.8 cm³/mol. The molecule has 2 rings (SSSR count). The van der Waals surface area contributed by atoms with Gasteiger partial charge in [0.2, 0.25) is 0 Å². The second-order valence-corrected chi connectivity index (χ2v) is 3.94. The number of H-pyrrole nitrogens is 1. The van der Waals surface area contributed by atoms with Crippen LogP contribution < -0.4 is 5.32 Å². The molecule has 16 heavy (non-hydrogen) atoms. The van der Waals surface area contributed by atoms with Gasteiger partial charge in [0.25, 0.3) is 11.7 Å². The molecule has 1 amide bonds. The molecule has 1 atom stereocenters. The number of amides is 1. The van der Waals surface area contributed by atoms with Gasteiger partial charge in [-0.3, -0.25) is 4.79 Å². The molecule has 2 N–H and O–H groups in total. The number of piperidine rings is 1. The zero-order valence-electron chi connectivity index (χ0n) is 9.31. The van der Waals surface area contributed by atoms with Crippen LogP contribution in [0.1, 0.15) is 29.9 Å². The molecule has 0 spiro atoms. The first kappa shape index (κ1) is 11.0. The molecule has 1 unspecified atom stereocenters. The highest BCUT2D eigenvalue weighted by Crippen LogP contribution is 2.17. The van der Waals surface area contributed by atoms with E-state index in [1.54, 1.807) is 0 Å². The molecule has 0 radical (unpaired) electrons. The number of rotatable bonds is 3. The monoisotopic (exact) mass is 224 g/mol. The zero-order valence-corrected chi connectivity index (χ0v) is 9.31. The van der Waals surface area contributed by atoms with Crippen LogP contribution in [0.25, 0.3) is 0 Å². The van der Waals surface area contributed by atoms with Crippen LogP contribution >= 0.6 is 0 Å². The van der Waals surface area contributed by atoms with Crippen LogP contribution in [-0.4, -0.2) is 57.6 Å². The number of tetrazole rings is 1. The topological polar surface area (TPSA) is 86.8 Å². The Kier molecular flexibility index (Phi) is 3.45. The minimum Gasteiger partial charge on any atom is -0.332 e. The highest BCUT2D eigenvalue weighted by molar-refractivity contribution is 5.90. The Bertz CT molecular complexity index is 336. The number of nitrogens with zero attached hydrogens (tertiary/aromatic N) is 4. The first-order valence-corrected chi connectivity index (χ1v) is 5.52. The van der Waals surface area contributed by atoms with Gasteiger partial charge in [0, 0.05) is 19.1 Å². The van der Waals surface area contributed by atoms with E-state index in [0.717, 1.165) is 25.9 Å². The van der Waals surface area contributed by atoms with Gasteiger partial charge < -0.3 is 10.2 Å². The van der Waals surface area contributed by atoms with Crippen LogP contribution in [0.5, 0.6) is 0 Å². The molecule has 1 saturated heterocycles. The van der Waals surface area contributed by atoms with Crippen molar-refractivity contribution < 1.29 is 4.79 Å². The van der Waals surface area contributed by atoms with Gasteiger partial charge in [0.1, 0.15) is 0 Å². The number of aromatic nitrogens is 4. The minimum atomic E-state index is -0.131. The summed E-state index contributed by atoms with van der Waals surface area (Å²) in [4.78, 5) is 13.9. The Morgan fingerprint density at radius 2 is 2.50 bits per heavy atom. The van der Waals surface area contributed by atoms with Crippen LogP contribution in [0.15, 0.2) is 0 Å². The van der Waals surface area contributed by atoms with E-state index in [1.807, 2.05) is 11.9 Å². The molecule has 1 aromatic rings. The smallest absolute Gasteiger partial charge is 0.295 e. The van der Waals surface area contributed by atoms with Crippen LogP contribution in [-0.2, 0) is 0 Å². The van der Waals surface area contributed by atoms with E-state index in [9.17, 15) is 4.79 Å². The lowest BCUT2D eigenvalue weighted by atomic mass is 10.0. The molecular weight excluding hydrogens is 208 g/mol. The number of likely N-dealkylation sites (N-methyl/N-ethyl adjacent to an activating group) is 1. The zero-order chi connectivity index (χ0) is 11.4. The molecule has 0 bridgehead atoms. The summed E-state index contributed by atoms with van der Waals surface area (Å²) in [6, 6.07) is 0.241. The molecular formula is C9H16N6O. The predicted octanol–water partition coefficient (Wildman–Crippen LogP) is -0.586. The summed E-state index contributed by atoms with van der Waals surface area (Å²) >= 11 is 0. The fourth-order valence-electron chi connectivity index (χ4n) is 2.10. The maximum atomic E-state index is 12.1. The van der Waals surface area contributed by atoms with Gasteiger partial charge in [-0.15, -0.1) is 10.2 Å². The average Bonchev–Trinajstić information content (AvgIpc) is 2.83. The van der Waals surface area contributed by atoms with Crippen molar-refractivity contribution >= 4 is 5.91 Å². The SMILES string of the molecule is CNCC1CCCCN1C(=O)c1nn[nH]n1. The van der Waals surface area contributed by atoms with E-state index in [2.05, 4.69) is 25.9 Å². The average molecular weight is 224 g/mol. The Morgan fingerprint density at radius 1 is 1.62 bits per heavy atom. The summed E-state index contributed by atoms with van der Waals surface area (Å²) in [6.45, 7) is 1.59. The van der Waals surface area contributed by atoms with Gasteiger partial charge in [-0.1, -0.05) is 0 Å². The maximum Gasteiger partial charge on any atom is 0.295 e. The number of hydrogen-bond acceptors (Lipinski definition) is 5. The third kappa shape index (κ3) is 2.19. The van der Waals surface area contributed by atoms with Crippen LogP contribution in [0.2, 0.25) is 0 Å². The molecule has 7 nitrogen and oxygen atoms in total. The van der Waals surface area contributed by atoms with E-state index in [1.165, 1.54) is 6.42 Å². The molecule has 1 aliphatic rings. The molecule has 1 fully saturated rings. The number of aromatic amines is 1. The summed E-state index contributed by atoms with van der Waals surface area (Å²) < 4.78 is 0. The van der Waals surface area contributed by atoms with Crippen molar-refractivity contribution in [1.82, 2.24) is 30.8 Å². The molecule has 7 heteroatoms. The van der Waals surface area contributed by atoms with E-state index in [0.29, 0.717) is 0 Å². The highest BCUT2D eigenvalue weighted by Gasteiger charge is 2.28. The largest absolute Gasteiger partial charge is 0.332 e. The van der Waals surface area contributed by atoms with Gasteiger partial charge in [-0.25, -0.2) is 0 Å². The Balaban J connectivity index is 2.08. The molecule has 88 valence electrons. The summed E-state index contributed by atoms with van der Waals surface area (Å²) in [5, 5.41) is 16.3. The van der Waals surface area contributed by atoms with E-state index >= 15 is 0 Å². The fourth-order valence-corrected chi connectivity index (χ4v) is 2.10. The molecule has 0 saturated carbocycles.